The molecule has 0 atom stereocenters. The summed E-state index contributed by atoms with van der Waals surface area (Å²) >= 11 is 0. The van der Waals surface area contributed by atoms with Gasteiger partial charge < -0.3 is 15.6 Å². The Hall–Kier alpha value is -2.73. The van der Waals surface area contributed by atoms with Gasteiger partial charge in [-0.2, -0.15) is 4.98 Å². The number of fused-ring (bicyclic) bond motifs is 1. The lowest BCUT2D eigenvalue weighted by Crippen LogP contribution is -2.34. The number of carbonyl (C=O) groups is 1. The Kier molecular flexibility index (Phi) is 4.42. The van der Waals surface area contributed by atoms with Crippen molar-refractivity contribution in [1.29, 1.82) is 0 Å². The second-order valence-corrected chi connectivity index (χ2v) is 6.94. The summed E-state index contributed by atoms with van der Waals surface area (Å²) in [4.78, 5) is 16.8. The average Bonchev–Trinajstić information content (AvgIpc) is 3.31. The Morgan fingerprint density at radius 2 is 1.92 bits per heavy atom. The summed E-state index contributed by atoms with van der Waals surface area (Å²) in [5.74, 6) is 0.989. The molecular weight excluding hydrogens is 328 g/mol. The number of amides is 1. The van der Waals surface area contributed by atoms with Gasteiger partial charge in [0.1, 0.15) is 0 Å². The fourth-order valence-electron chi connectivity index (χ4n) is 3.50. The molecule has 134 valence electrons. The van der Waals surface area contributed by atoms with E-state index in [1.54, 1.807) is 0 Å². The SMILES string of the molecule is NC1(c2noc(CCNC(=O)c3ccc4ccccc4c3)n2)CCCC1. The molecule has 1 aromatic heterocycles. The summed E-state index contributed by atoms with van der Waals surface area (Å²) in [5.41, 5.74) is 6.53. The van der Waals surface area contributed by atoms with E-state index >= 15 is 0 Å². The normalized spacial score (nSPS) is 16.0. The van der Waals surface area contributed by atoms with Crippen LogP contribution in [-0.4, -0.2) is 22.6 Å². The van der Waals surface area contributed by atoms with Gasteiger partial charge in [-0.25, -0.2) is 0 Å². The molecule has 1 saturated carbocycles. The number of aromatic nitrogens is 2. The summed E-state index contributed by atoms with van der Waals surface area (Å²) in [5, 5.41) is 9.10. The van der Waals surface area contributed by atoms with Crippen molar-refractivity contribution in [2.45, 2.75) is 37.6 Å². The number of carbonyl (C=O) groups excluding carboxylic acids is 1. The molecule has 3 N–H and O–H groups in total. The first-order valence-corrected chi connectivity index (χ1v) is 9.03. The van der Waals surface area contributed by atoms with Crippen LogP contribution >= 0.6 is 0 Å². The van der Waals surface area contributed by atoms with Crippen molar-refractivity contribution in [3.63, 3.8) is 0 Å². The Bertz CT molecular complexity index is 928. The lowest BCUT2D eigenvalue weighted by Gasteiger charge is -2.17. The van der Waals surface area contributed by atoms with Crippen LogP contribution in [0.4, 0.5) is 0 Å². The third kappa shape index (κ3) is 3.32. The van der Waals surface area contributed by atoms with Gasteiger partial charge in [0.2, 0.25) is 5.89 Å². The zero-order valence-corrected chi connectivity index (χ0v) is 14.6. The van der Waals surface area contributed by atoms with Crippen LogP contribution in [0.1, 0.15) is 47.8 Å². The molecule has 1 heterocycles. The quantitative estimate of drug-likeness (QED) is 0.738. The maximum absolute atomic E-state index is 12.3. The smallest absolute Gasteiger partial charge is 0.251 e. The number of hydrogen-bond donors (Lipinski definition) is 2. The van der Waals surface area contributed by atoms with E-state index < -0.39 is 5.54 Å². The van der Waals surface area contributed by atoms with Crippen LogP contribution in [0.3, 0.4) is 0 Å². The van der Waals surface area contributed by atoms with Gasteiger partial charge >= 0.3 is 0 Å². The minimum atomic E-state index is -0.448. The minimum Gasteiger partial charge on any atom is -0.352 e. The van der Waals surface area contributed by atoms with E-state index in [1.807, 2.05) is 42.5 Å². The van der Waals surface area contributed by atoms with Crippen LogP contribution in [0.5, 0.6) is 0 Å². The number of nitrogens with two attached hydrogens (primary N) is 1. The van der Waals surface area contributed by atoms with E-state index in [1.165, 1.54) is 0 Å². The number of benzene rings is 2. The van der Waals surface area contributed by atoms with Gasteiger partial charge in [0, 0.05) is 18.5 Å². The van der Waals surface area contributed by atoms with Gasteiger partial charge in [-0.1, -0.05) is 48.3 Å². The fraction of sp³-hybridized carbons (Fsp3) is 0.350. The van der Waals surface area contributed by atoms with Crippen LogP contribution in [0.15, 0.2) is 47.0 Å². The molecule has 3 aromatic rings. The maximum Gasteiger partial charge on any atom is 0.251 e. The van der Waals surface area contributed by atoms with Crippen LogP contribution in [0, 0.1) is 0 Å². The third-order valence-corrected chi connectivity index (χ3v) is 5.05. The Balaban J connectivity index is 1.35. The number of nitrogens with zero attached hydrogens (tertiary/aromatic N) is 2. The van der Waals surface area contributed by atoms with Crippen molar-refractivity contribution in [1.82, 2.24) is 15.5 Å². The van der Waals surface area contributed by atoms with E-state index in [4.69, 9.17) is 10.3 Å². The van der Waals surface area contributed by atoms with Gasteiger partial charge in [-0.3, -0.25) is 4.79 Å². The van der Waals surface area contributed by atoms with Crippen molar-refractivity contribution in [2.24, 2.45) is 5.73 Å². The van der Waals surface area contributed by atoms with Crippen molar-refractivity contribution in [3.05, 3.63) is 59.7 Å². The Morgan fingerprint density at radius 3 is 2.73 bits per heavy atom. The highest BCUT2D eigenvalue weighted by Gasteiger charge is 2.35. The summed E-state index contributed by atoms with van der Waals surface area (Å²) in [6.45, 7) is 0.435. The first kappa shape index (κ1) is 16.7. The standard InChI is InChI=1S/C20H22N4O2/c21-20(10-3-4-11-20)19-23-17(26-24-19)9-12-22-18(25)16-8-7-14-5-1-2-6-15(14)13-16/h1-2,5-8,13H,3-4,9-12,21H2,(H,22,25). The highest BCUT2D eigenvalue weighted by Crippen LogP contribution is 2.34. The number of hydrogen-bond acceptors (Lipinski definition) is 5. The van der Waals surface area contributed by atoms with Gasteiger partial charge in [0.05, 0.1) is 5.54 Å². The van der Waals surface area contributed by atoms with Crippen molar-refractivity contribution < 1.29 is 9.32 Å². The number of nitrogens with one attached hydrogen (secondary N) is 1. The molecule has 0 radical (unpaired) electrons. The van der Waals surface area contributed by atoms with Crippen molar-refractivity contribution >= 4 is 16.7 Å². The van der Waals surface area contributed by atoms with Crippen LogP contribution in [0.2, 0.25) is 0 Å². The molecule has 1 aliphatic rings. The molecular formula is C20H22N4O2. The van der Waals surface area contributed by atoms with Gasteiger partial charge in [-0.15, -0.1) is 0 Å². The monoisotopic (exact) mass is 350 g/mol. The van der Waals surface area contributed by atoms with Gasteiger partial charge in [-0.05, 0) is 35.7 Å². The summed E-state index contributed by atoms with van der Waals surface area (Å²) < 4.78 is 5.30. The van der Waals surface area contributed by atoms with E-state index in [-0.39, 0.29) is 5.91 Å². The third-order valence-electron chi connectivity index (χ3n) is 5.05. The lowest BCUT2D eigenvalue weighted by atomic mass is 9.99. The highest BCUT2D eigenvalue weighted by molar-refractivity contribution is 5.98. The van der Waals surface area contributed by atoms with Crippen LogP contribution in [0.25, 0.3) is 10.8 Å². The molecule has 0 spiro atoms. The first-order valence-electron chi connectivity index (χ1n) is 9.03. The fourth-order valence-corrected chi connectivity index (χ4v) is 3.50. The topological polar surface area (TPSA) is 94.0 Å². The van der Waals surface area contributed by atoms with E-state index in [0.717, 1.165) is 36.5 Å². The van der Waals surface area contributed by atoms with E-state index in [9.17, 15) is 4.79 Å². The van der Waals surface area contributed by atoms with Crippen LogP contribution in [-0.2, 0) is 12.0 Å². The maximum atomic E-state index is 12.3. The zero-order valence-electron chi connectivity index (χ0n) is 14.6. The molecule has 0 unspecified atom stereocenters. The molecule has 1 fully saturated rings. The predicted molar refractivity (Wildman–Crippen MR) is 98.6 cm³/mol. The summed E-state index contributed by atoms with van der Waals surface area (Å²) in [6.07, 6.45) is 4.47. The largest absolute Gasteiger partial charge is 0.352 e. The van der Waals surface area contributed by atoms with Crippen LogP contribution < -0.4 is 11.1 Å². The zero-order chi connectivity index (χ0) is 18.0. The molecule has 4 rings (SSSR count). The molecule has 0 saturated heterocycles. The van der Waals surface area contributed by atoms with E-state index in [0.29, 0.717) is 30.2 Å². The Labute approximate surface area is 151 Å². The summed E-state index contributed by atoms with van der Waals surface area (Å²) in [6, 6.07) is 13.7. The predicted octanol–water partition coefficient (Wildman–Crippen LogP) is 2.92. The molecule has 1 aliphatic carbocycles. The van der Waals surface area contributed by atoms with Gasteiger partial charge in [0.15, 0.2) is 5.82 Å². The molecule has 0 bridgehead atoms. The number of rotatable bonds is 5. The van der Waals surface area contributed by atoms with Crippen molar-refractivity contribution in [2.75, 3.05) is 6.54 Å². The minimum absolute atomic E-state index is 0.110. The lowest BCUT2D eigenvalue weighted by molar-refractivity contribution is 0.0953. The molecule has 1 amide bonds. The van der Waals surface area contributed by atoms with Gasteiger partial charge in [0.25, 0.3) is 5.91 Å². The molecule has 2 aromatic carbocycles. The molecule has 26 heavy (non-hydrogen) atoms. The first-order chi connectivity index (χ1) is 12.6. The highest BCUT2D eigenvalue weighted by atomic mass is 16.5. The Morgan fingerprint density at radius 1 is 1.15 bits per heavy atom. The van der Waals surface area contributed by atoms with Crippen molar-refractivity contribution in [3.8, 4) is 0 Å². The van der Waals surface area contributed by atoms with E-state index in [2.05, 4.69) is 15.5 Å². The second kappa shape index (κ2) is 6.88. The second-order valence-electron chi connectivity index (χ2n) is 6.94. The molecule has 6 heteroatoms. The molecule has 6 nitrogen and oxygen atoms in total. The summed E-state index contributed by atoms with van der Waals surface area (Å²) in [7, 11) is 0. The average molecular weight is 350 g/mol. The molecule has 0 aliphatic heterocycles.